The molecule has 0 spiro atoms. The molecule has 20 nitrogen and oxygen atoms in total. The summed E-state index contributed by atoms with van der Waals surface area (Å²) in [4.78, 5) is 24.2. The highest BCUT2D eigenvalue weighted by Gasteiger charge is 2.31. The molecule has 74 heavy (non-hydrogen) atoms. The van der Waals surface area contributed by atoms with Gasteiger partial charge in [-0.25, -0.2) is 45.6 Å². The Labute approximate surface area is 427 Å². The van der Waals surface area contributed by atoms with Gasteiger partial charge in [0.1, 0.15) is 57.5 Å². The van der Waals surface area contributed by atoms with Gasteiger partial charge in [-0.05, 0) is 74.2 Å². The van der Waals surface area contributed by atoms with E-state index in [0.717, 1.165) is 48.8 Å². The number of pyridine rings is 2. The van der Waals surface area contributed by atoms with E-state index in [4.69, 9.17) is 18.9 Å². The van der Waals surface area contributed by atoms with E-state index in [2.05, 4.69) is 50.3 Å². The number of hydrogen-bond donors (Lipinski definition) is 0. The van der Waals surface area contributed by atoms with Crippen LogP contribution < -0.4 is 18.9 Å². The number of rotatable bonds is 20. The van der Waals surface area contributed by atoms with Crippen LogP contribution in [-0.2, 0) is 56.9 Å². The zero-order chi connectivity index (χ0) is 53.2. The summed E-state index contributed by atoms with van der Waals surface area (Å²) in [6.45, 7) is 7.14. The second kappa shape index (κ2) is 23.8. The van der Waals surface area contributed by atoms with Crippen LogP contribution >= 0.6 is 0 Å². The van der Waals surface area contributed by atoms with E-state index in [1.54, 1.807) is 84.2 Å². The SMILES string of the molecule is CCc1cncc(-c2nnc(CS(=O)(=O)[C@@H](C)Cc3ncc(F)cn3)n2-c2c(OC)cccc2OC)c1.CCc1cncc(-c2nnc(CS(=O)(=O)[C@H](C)Cc3ncc(F)cn3)n2-c2c(OC)cccc2OC)c1. The number of methoxy groups -OCH3 is 4. The smallest absolute Gasteiger partial charge is 0.170 e. The van der Waals surface area contributed by atoms with E-state index in [1.165, 1.54) is 28.4 Å². The molecule has 0 amide bonds. The largest absolute Gasteiger partial charge is 0.494 e. The van der Waals surface area contributed by atoms with Crippen LogP contribution in [0.1, 0.15) is 62.1 Å². The van der Waals surface area contributed by atoms with E-state index in [0.29, 0.717) is 57.1 Å². The monoisotopic (exact) mass is 1050 g/mol. The van der Waals surface area contributed by atoms with Crippen molar-refractivity contribution < 1.29 is 44.6 Å². The summed E-state index contributed by atoms with van der Waals surface area (Å²) < 4.78 is 106. The minimum atomic E-state index is -3.77. The molecule has 0 bridgehead atoms. The van der Waals surface area contributed by atoms with Gasteiger partial charge >= 0.3 is 0 Å². The second-order valence-corrected chi connectivity index (χ2v) is 21.6. The number of aryl methyl sites for hydroxylation is 2. The third kappa shape index (κ3) is 12.3. The molecule has 0 fully saturated rings. The lowest BCUT2D eigenvalue weighted by molar-refractivity contribution is 0.390. The van der Waals surface area contributed by atoms with Crippen LogP contribution in [0.2, 0.25) is 0 Å². The lowest BCUT2D eigenvalue weighted by Gasteiger charge is -2.18. The van der Waals surface area contributed by atoms with Gasteiger partial charge in [0.05, 0.1) is 63.7 Å². The number of benzene rings is 2. The molecule has 6 aromatic heterocycles. The molecule has 8 aromatic rings. The molecular weight excluding hydrogens is 999 g/mol. The van der Waals surface area contributed by atoms with Crippen molar-refractivity contribution in [2.45, 2.75) is 75.4 Å². The molecule has 0 aliphatic heterocycles. The zero-order valence-electron chi connectivity index (χ0n) is 41.8. The fourth-order valence-electron chi connectivity index (χ4n) is 7.68. The molecule has 0 aliphatic carbocycles. The van der Waals surface area contributed by atoms with Crippen LogP contribution in [0.3, 0.4) is 0 Å². The average molecular weight is 1050 g/mol. The molecule has 2 atom stereocenters. The fraction of sp³-hybridized carbons (Fsp3) is 0.320. The van der Waals surface area contributed by atoms with E-state index in [9.17, 15) is 25.6 Å². The lowest BCUT2D eigenvalue weighted by Crippen LogP contribution is -2.24. The fourth-order valence-corrected chi connectivity index (χ4v) is 10.1. The van der Waals surface area contributed by atoms with Crippen molar-refractivity contribution in [1.29, 1.82) is 0 Å². The van der Waals surface area contributed by atoms with Gasteiger partial charge in [-0.1, -0.05) is 26.0 Å². The van der Waals surface area contributed by atoms with Gasteiger partial charge in [-0.3, -0.25) is 19.1 Å². The summed E-state index contributed by atoms with van der Waals surface area (Å²) in [6, 6.07) is 14.4. The maximum Gasteiger partial charge on any atom is 0.170 e. The van der Waals surface area contributed by atoms with Crippen LogP contribution in [-0.4, -0.2) is 115 Å². The van der Waals surface area contributed by atoms with E-state index < -0.39 is 53.3 Å². The first kappa shape index (κ1) is 53.9. The summed E-state index contributed by atoms with van der Waals surface area (Å²) in [5.74, 6) is 1.36. The number of halogens is 2. The van der Waals surface area contributed by atoms with Crippen LogP contribution in [0.4, 0.5) is 8.78 Å². The van der Waals surface area contributed by atoms with Gasteiger partial charge in [-0.15, -0.1) is 20.4 Å². The Morgan fingerprint density at radius 3 is 1.16 bits per heavy atom. The van der Waals surface area contributed by atoms with E-state index >= 15 is 0 Å². The quantitative estimate of drug-likeness (QED) is 0.0764. The molecular formula is C50H54F2N12O8S2. The average Bonchev–Trinajstić information content (AvgIpc) is 4.02. The third-order valence-corrected chi connectivity index (χ3v) is 15.9. The molecule has 0 saturated carbocycles. The van der Waals surface area contributed by atoms with Crippen molar-refractivity contribution in [1.82, 2.24) is 59.4 Å². The number of sulfone groups is 2. The molecule has 0 N–H and O–H groups in total. The maximum atomic E-state index is 13.4. The summed E-state index contributed by atoms with van der Waals surface area (Å²) in [6.07, 6.45) is 12.4. The number of nitrogens with zero attached hydrogens (tertiary/aromatic N) is 12. The Hall–Kier alpha value is -7.86. The van der Waals surface area contributed by atoms with Crippen molar-refractivity contribution in [2.75, 3.05) is 28.4 Å². The highest BCUT2D eigenvalue weighted by molar-refractivity contribution is 7.91. The van der Waals surface area contributed by atoms with Crippen molar-refractivity contribution >= 4 is 19.7 Å². The van der Waals surface area contributed by atoms with E-state index in [-0.39, 0.29) is 36.1 Å². The van der Waals surface area contributed by atoms with Crippen LogP contribution in [0.15, 0.2) is 98.1 Å². The van der Waals surface area contributed by atoms with Crippen LogP contribution in [0.25, 0.3) is 34.2 Å². The summed E-state index contributed by atoms with van der Waals surface area (Å²) >= 11 is 0. The molecule has 24 heteroatoms. The van der Waals surface area contributed by atoms with Crippen LogP contribution in [0.5, 0.6) is 23.0 Å². The molecule has 0 aliphatic rings. The standard InChI is InChI=1S/2C25H27FN6O4S/c2*1-5-17-10-18(12-27-11-17)25-31-30-23(32(25)24-20(35-3)7-6-8-21(24)36-4)15-37(33,34)16(2)9-22-28-13-19(26)14-29-22/h2*6-8,10-14,16H,5,9,15H2,1-4H3/t2*16-/m10/s1. The molecule has 2 aromatic carbocycles. The lowest BCUT2D eigenvalue weighted by atomic mass is 10.1. The Bertz CT molecular complexity index is 3170. The van der Waals surface area contributed by atoms with Gasteiger partial charge in [0.25, 0.3) is 0 Å². The molecule has 388 valence electrons. The van der Waals surface area contributed by atoms with Crippen molar-refractivity contribution in [3.8, 4) is 57.1 Å². The Kier molecular flexibility index (Phi) is 17.3. The summed E-state index contributed by atoms with van der Waals surface area (Å²) in [5, 5.41) is 15.5. The van der Waals surface area contributed by atoms with Gasteiger partial charge in [0.15, 0.2) is 54.6 Å². The summed E-state index contributed by atoms with van der Waals surface area (Å²) in [7, 11) is -1.47. The first-order valence-electron chi connectivity index (χ1n) is 23.1. The van der Waals surface area contributed by atoms with E-state index in [1.807, 2.05) is 26.0 Å². The van der Waals surface area contributed by atoms with Gasteiger partial charge in [0, 0.05) is 48.8 Å². The number of para-hydroxylation sites is 2. The van der Waals surface area contributed by atoms with Gasteiger partial charge < -0.3 is 18.9 Å². The van der Waals surface area contributed by atoms with Crippen molar-refractivity contribution in [3.63, 3.8) is 0 Å². The van der Waals surface area contributed by atoms with Crippen molar-refractivity contribution in [3.05, 3.63) is 144 Å². The Balaban J connectivity index is 0.000000216. The van der Waals surface area contributed by atoms with Gasteiger partial charge in [-0.2, -0.15) is 0 Å². The third-order valence-electron chi connectivity index (χ3n) is 11.8. The molecule has 8 rings (SSSR count). The Morgan fingerprint density at radius 2 is 0.851 bits per heavy atom. The van der Waals surface area contributed by atoms with Gasteiger partial charge in [0.2, 0.25) is 0 Å². The summed E-state index contributed by atoms with van der Waals surface area (Å²) in [5.41, 5.74) is 4.23. The predicted octanol–water partition coefficient (Wildman–Crippen LogP) is 6.77. The second-order valence-electron chi connectivity index (χ2n) is 16.7. The minimum Gasteiger partial charge on any atom is -0.494 e. The topological polar surface area (TPSA) is 244 Å². The predicted molar refractivity (Wildman–Crippen MR) is 270 cm³/mol. The van der Waals surface area contributed by atoms with Crippen molar-refractivity contribution in [2.24, 2.45) is 0 Å². The normalized spacial score (nSPS) is 12.4. The maximum absolute atomic E-state index is 13.4. The number of hydrogen-bond acceptors (Lipinski definition) is 18. The first-order valence-corrected chi connectivity index (χ1v) is 26.5. The molecule has 0 saturated heterocycles. The Morgan fingerprint density at radius 1 is 0.514 bits per heavy atom. The zero-order valence-corrected chi connectivity index (χ0v) is 43.5. The first-order chi connectivity index (χ1) is 35.5. The number of aromatic nitrogens is 12. The highest BCUT2D eigenvalue weighted by Crippen LogP contribution is 2.38. The minimum absolute atomic E-state index is 0.0179. The number of ether oxygens (including phenoxy) is 4. The molecule has 6 heterocycles. The highest BCUT2D eigenvalue weighted by atomic mass is 32.2. The molecule has 0 radical (unpaired) electrons. The van der Waals surface area contributed by atoms with Crippen LogP contribution in [0, 0.1) is 11.6 Å². The molecule has 0 unspecified atom stereocenters.